The normalized spacial score (nSPS) is 10.4. The van der Waals surface area contributed by atoms with Crippen LogP contribution >= 0.6 is 0 Å². The number of hydrogen-bond donors (Lipinski definition) is 0. The van der Waals surface area contributed by atoms with E-state index in [2.05, 4.69) is 0 Å². The van der Waals surface area contributed by atoms with Crippen molar-refractivity contribution in [1.82, 2.24) is 0 Å². The molecule has 0 atom stereocenters. The number of carbonyl (C=O) groups is 1. The maximum atomic E-state index is 11.5. The Bertz CT molecular complexity index is 563. The third-order valence-electron chi connectivity index (χ3n) is 2.35. The Kier molecular flexibility index (Phi) is 2.48. The van der Waals surface area contributed by atoms with Crippen molar-refractivity contribution in [3.63, 3.8) is 0 Å². The van der Waals surface area contributed by atoms with Gasteiger partial charge in [0, 0.05) is 19.1 Å². The summed E-state index contributed by atoms with van der Waals surface area (Å²) in [6.07, 6.45) is 1.46. The first-order valence-corrected chi connectivity index (χ1v) is 4.89. The zero-order valence-corrected chi connectivity index (χ0v) is 9.06. The van der Waals surface area contributed by atoms with E-state index in [0.29, 0.717) is 11.3 Å². The fourth-order valence-corrected chi connectivity index (χ4v) is 1.60. The molecule has 0 saturated heterocycles. The second-order valence-corrected chi connectivity index (χ2v) is 3.60. The Labute approximate surface area is 92.7 Å². The summed E-state index contributed by atoms with van der Waals surface area (Å²) in [6.45, 7) is 3.25. The molecule has 16 heavy (non-hydrogen) atoms. The summed E-state index contributed by atoms with van der Waals surface area (Å²) in [5, 5.41) is 12.3. The second kappa shape index (κ2) is 3.81. The van der Waals surface area contributed by atoms with Gasteiger partial charge >= 0.3 is 5.97 Å². The van der Waals surface area contributed by atoms with Crippen LogP contribution in [0.5, 0.6) is 5.75 Å². The van der Waals surface area contributed by atoms with Crippen LogP contribution in [0.4, 0.5) is 0 Å². The molecule has 1 heterocycles. The monoisotopic (exact) mass is 217 g/mol. The molecule has 0 spiro atoms. The minimum Gasteiger partial charge on any atom is -0.618 e. The fraction of sp³-hybridized carbons (Fsp3) is 0.167. The van der Waals surface area contributed by atoms with Gasteiger partial charge in [0.15, 0.2) is 6.20 Å². The van der Waals surface area contributed by atoms with E-state index in [1.165, 1.54) is 13.1 Å². The summed E-state index contributed by atoms with van der Waals surface area (Å²) in [6, 6.07) is 6.68. The van der Waals surface area contributed by atoms with Gasteiger partial charge in [-0.15, -0.1) is 0 Å². The maximum Gasteiger partial charge on any atom is 0.308 e. The summed E-state index contributed by atoms with van der Waals surface area (Å²) < 4.78 is 5.76. The summed E-state index contributed by atoms with van der Waals surface area (Å²) >= 11 is 0. The van der Waals surface area contributed by atoms with Crippen LogP contribution in [0.1, 0.15) is 12.5 Å². The molecule has 1 aromatic carbocycles. The van der Waals surface area contributed by atoms with Crippen LogP contribution in [-0.4, -0.2) is 5.97 Å². The third kappa shape index (κ3) is 1.82. The van der Waals surface area contributed by atoms with Crippen LogP contribution in [-0.2, 0) is 4.79 Å². The molecule has 0 fully saturated rings. The predicted octanol–water partition coefficient (Wildman–Crippen LogP) is 1.71. The van der Waals surface area contributed by atoms with Crippen molar-refractivity contribution < 1.29 is 14.3 Å². The quantitative estimate of drug-likeness (QED) is 0.316. The molecule has 4 nitrogen and oxygen atoms in total. The highest BCUT2D eigenvalue weighted by Gasteiger charge is 2.08. The smallest absolute Gasteiger partial charge is 0.308 e. The Morgan fingerprint density at radius 2 is 2.12 bits per heavy atom. The van der Waals surface area contributed by atoms with E-state index in [-0.39, 0.29) is 5.97 Å². The summed E-state index contributed by atoms with van der Waals surface area (Å²) in [4.78, 5) is 10.8. The van der Waals surface area contributed by atoms with Gasteiger partial charge in [-0.05, 0) is 24.6 Å². The average molecular weight is 217 g/mol. The zero-order valence-electron chi connectivity index (χ0n) is 9.06. The first-order chi connectivity index (χ1) is 7.58. The SMILES string of the molecule is CC(=O)Oc1ccc2c(c1)c(C)cc[n+]2[O-]. The number of benzene rings is 1. The van der Waals surface area contributed by atoms with Gasteiger partial charge in [-0.2, -0.15) is 4.73 Å². The van der Waals surface area contributed by atoms with E-state index < -0.39 is 0 Å². The molecule has 1 aromatic heterocycles. The van der Waals surface area contributed by atoms with E-state index in [1.54, 1.807) is 24.3 Å². The number of rotatable bonds is 1. The standard InChI is InChI=1S/C12H11NO3/c1-8-5-6-13(15)12-4-3-10(7-11(8)12)16-9(2)14/h3-7H,1-2H3. The van der Waals surface area contributed by atoms with Crippen LogP contribution in [0, 0.1) is 12.1 Å². The third-order valence-corrected chi connectivity index (χ3v) is 2.35. The molecule has 0 radical (unpaired) electrons. The number of ether oxygens (including phenoxy) is 1. The topological polar surface area (TPSA) is 53.2 Å². The lowest BCUT2D eigenvalue weighted by Crippen LogP contribution is -2.26. The van der Waals surface area contributed by atoms with Crippen molar-refractivity contribution in [2.24, 2.45) is 0 Å². The fourth-order valence-electron chi connectivity index (χ4n) is 1.60. The highest BCUT2D eigenvalue weighted by atomic mass is 16.5. The highest BCUT2D eigenvalue weighted by molar-refractivity contribution is 5.82. The number of esters is 1. The molecule has 0 bridgehead atoms. The van der Waals surface area contributed by atoms with Crippen LogP contribution in [0.15, 0.2) is 30.5 Å². The molecule has 0 amide bonds. The number of aromatic nitrogens is 1. The summed E-state index contributed by atoms with van der Waals surface area (Å²) in [5.74, 6) is 0.0808. The highest BCUT2D eigenvalue weighted by Crippen LogP contribution is 2.21. The minimum atomic E-state index is -0.372. The molecule has 82 valence electrons. The Morgan fingerprint density at radius 1 is 1.38 bits per heavy atom. The van der Waals surface area contributed by atoms with E-state index >= 15 is 0 Å². The first kappa shape index (κ1) is 10.4. The Morgan fingerprint density at radius 3 is 2.81 bits per heavy atom. The van der Waals surface area contributed by atoms with Crippen molar-refractivity contribution in [3.05, 3.63) is 41.2 Å². The van der Waals surface area contributed by atoms with Crippen molar-refractivity contribution in [3.8, 4) is 5.75 Å². The molecule has 0 N–H and O–H groups in total. The number of pyridine rings is 1. The van der Waals surface area contributed by atoms with Gasteiger partial charge in [0.05, 0.1) is 5.39 Å². The van der Waals surface area contributed by atoms with Crippen LogP contribution in [0.2, 0.25) is 0 Å². The molecule has 0 aliphatic heterocycles. The van der Waals surface area contributed by atoms with E-state index in [4.69, 9.17) is 4.74 Å². The number of fused-ring (bicyclic) bond motifs is 1. The number of aryl methyl sites for hydroxylation is 1. The van der Waals surface area contributed by atoms with Gasteiger partial charge in [-0.1, -0.05) is 0 Å². The molecule has 0 saturated carbocycles. The average Bonchev–Trinajstić information content (AvgIpc) is 2.23. The van der Waals surface area contributed by atoms with Crippen LogP contribution < -0.4 is 9.47 Å². The van der Waals surface area contributed by atoms with Gasteiger partial charge in [0.1, 0.15) is 5.75 Å². The minimum absolute atomic E-state index is 0.372. The van der Waals surface area contributed by atoms with E-state index in [1.807, 2.05) is 6.92 Å². The second-order valence-electron chi connectivity index (χ2n) is 3.60. The van der Waals surface area contributed by atoms with Crippen molar-refractivity contribution >= 4 is 16.9 Å². The first-order valence-electron chi connectivity index (χ1n) is 4.89. The van der Waals surface area contributed by atoms with Crippen molar-refractivity contribution in [2.45, 2.75) is 13.8 Å². The molecule has 0 unspecified atom stereocenters. The number of carbonyl (C=O) groups excluding carboxylic acids is 1. The van der Waals surface area contributed by atoms with Crippen molar-refractivity contribution in [2.75, 3.05) is 0 Å². The molecular weight excluding hydrogens is 206 g/mol. The van der Waals surface area contributed by atoms with Gasteiger partial charge in [0.2, 0.25) is 5.52 Å². The van der Waals surface area contributed by atoms with Gasteiger partial charge < -0.3 is 9.94 Å². The Balaban J connectivity index is 2.61. The molecule has 0 aliphatic carbocycles. The van der Waals surface area contributed by atoms with Crippen molar-refractivity contribution in [1.29, 1.82) is 0 Å². The lowest BCUT2D eigenvalue weighted by Gasteiger charge is -2.06. The lowest BCUT2D eigenvalue weighted by molar-refractivity contribution is -0.577. The maximum absolute atomic E-state index is 11.5. The van der Waals surface area contributed by atoms with E-state index in [0.717, 1.165) is 15.7 Å². The number of nitrogens with zero attached hydrogens (tertiary/aromatic N) is 1. The van der Waals surface area contributed by atoms with Gasteiger partial charge in [-0.3, -0.25) is 4.79 Å². The molecule has 2 aromatic rings. The molecule has 4 heteroatoms. The molecule has 2 rings (SSSR count). The van der Waals surface area contributed by atoms with Crippen LogP contribution in [0.3, 0.4) is 0 Å². The van der Waals surface area contributed by atoms with E-state index in [9.17, 15) is 10.0 Å². The Hall–Kier alpha value is -2.10. The van der Waals surface area contributed by atoms with Crippen LogP contribution in [0.25, 0.3) is 10.9 Å². The lowest BCUT2D eigenvalue weighted by atomic mass is 10.1. The summed E-state index contributed by atoms with van der Waals surface area (Å²) in [5.41, 5.74) is 1.53. The van der Waals surface area contributed by atoms with Gasteiger partial charge in [0.25, 0.3) is 0 Å². The zero-order chi connectivity index (χ0) is 11.7. The molecular formula is C12H11NO3. The molecule has 0 aliphatic rings. The largest absolute Gasteiger partial charge is 0.618 e. The predicted molar refractivity (Wildman–Crippen MR) is 59.0 cm³/mol. The van der Waals surface area contributed by atoms with Gasteiger partial charge in [-0.25, -0.2) is 0 Å². The number of hydrogen-bond acceptors (Lipinski definition) is 3. The summed E-state index contributed by atoms with van der Waals surface area (Å²) in [7, 11) is 0.